The second-order valence-corrected chi connectivity index (χ2v) is 4.78. The maximum Gasteiger partial charge on any atom is 0.206 e. The zero-order valence-electron chi connectivity index (χ0n) is 9.92. The smallest absolute Gasteiger partial charge is 0.206 e. The van der Waals surface area contributed by atoms with Crippen molar-refractivity contribution in [3.8, 4) is 0 Å². The normalized spacial score (nSPS) is 11.3. The maximum atomic E-state index is 12.2. The molecular formula is C15H12O2S. The minimum atomic E-state index is -0.211. The SMILES string of the molecule is CC(=O)/C(=C/c1ccccc1)C(=O)c1cccs1. The second kappa shape index (κ2) is 5.56. The molecule has 0 amide bonds. The van der Waals surface area contributed by atoms with Crippen molar-refractivity contribution in [1.29, 1.82) is 0 Å². The monoisotopic (exact) mass is 256 g/mol. The number of hydrogen-bond acceptors (Lipinski definition) is 3. The summed E-state index contributed by atoms with van der Waals surface area (Å²) in [6.45, 7) is 1.42. The minimum Gasteiger partial charge on any atom is -0.294 e. The Morgan fingerprint density at radius 3 is 2.33 bits per heavy atom. The number of carbonyl (C=O) groups excluding carboxylic acids is 2. The maximum absolute atomic E-state index is 12.2. The van der Waals surface area contributed by atoms with Crippen LogP contribution < -0.4 is 0 Å². The Morgan fingerprint density at radius 1 is 1.06 bits per heavy atom. The van der Waals surface area contributed by atoms with Crippen molar-refractivity contribution < 1.29 is 9.59 Å². The largest absolute Gasteiger partial charge is 0.294 e. The number of rotatable bonds is 4. The topological polar surface area (TPSA) is 34.1 Å². The number of ketones is 2. The fraction of sp³-hybridized carbons (Fsp3) is 0.0667. The van der Waals surface area contributed by atoms with Crippen molar-refractivity contribution in [2.45, 2.75) is 6.92 Å². The third-order valence-corrected chi connectivity index (χ3v) is 3.35. The molecule has 0 aliphatic heterocycles. The lowest BCUT2D eigenvalue weighted by Gasteiger charge is -2.01. The highest BCUT2D eigenvalue weighted by molar-refractivity contribution is 7.12. The molecule has 1 aromatic heterocycles. The first-order chi connectivity index (χ1) is 8.68. The Hall–Kier alpha value is -2.00. The van der Waals surface area contributed by atoms with E-state index in [0.717, 1.165) is 5.56 Å². The van der Waals surface area contributed by atoms with Crippen molar-refractivity contribution in [3.05, 3.63) is 63.9 Å². The lowest BCUT2D eigenvalue weighted by Crippen LogP contribution is -2.09. The van der Waals surface area contributed by atoms with Gasteiger partial charge in [-0.25, -0.2) is 0 Å². The molecule has 0 spiro atoms. The molecule has 2 rings (SSSR count). The first-order valence-corrected chi connectivity index (χ1v) is 6.42. The van der Waals surface area contributed by atoms with Gasteiger partial charge in [-0.1, -0.05) is 36.4 Å². The number of allylic oxidation sites excluding steroid dienone is 1. The van der Waals surface area contributed by atoms with Gasteiger partial charge >= 0.3 is 0 Å². The van der Waals surface area contributed by atoms with Crippen LogP contribution in [0.5, 0.6) is 0 Å². The second-order valence-electron chi connectivity index (χ2n) is 3.83. The Balaban J connectivity index is 2.38. The molecular weight excluding hydrogens is 244 g/mol. The van der Waals surface area contributed by atoms with E-state index < -0.39 is 0 Å². The van der Waals surface area contributed by atoms with Gasteiger partial charge in [0.05, 0.1) is 10.5 Å². The standard InChI is InChI=1S/C15H12O2S/c1-11(16)13(10-12-6-3-2-4-7-12)15(17)14-8-5-9-18-14/h2-10H,1H3/b13-10-. The van der Waals surface area contributed by atoms with Crippen molar-refractivity contribution in [2.75, 3.05) is 0 Å². The van der Waals surface area contributed by atoms with Gasteiger partial charge in [0.1, 0.15) is 0 Å². The van der Waals surface area contributed by atoms with Gasteiger partial charge in [-0.05, 0) is 30.0 Å². The van der Waals surface area contributed by atoms with Crippen LogP contribution in [-0.4, -0.2) is 11.6 Å². The molecule has 0 bridgehead atoms. The molecule has 18 heavy (non-hydrogen) atoms. The molecule has 0 N–H and O–H groups in total. The van der Waals surface area contributed by atoms with E-state index in [1.807, 2.05) is 35.7 Å². The third-order valence-electron chi connectivity index (χ3n) is 2.48. The Labute approximate surface area is 110 Å². The summed E-state index contributed by atoms with van der Waals surface area (Å²) in [5.41, 5.74) is 1.08. The Kier molecular flexibility index (Phi) is 3.85. The Bertz CT molecular complexity index is 580. The van der Waals surface area contributed by atoms with Gasteiger partial charge in [0, 0.05) is 0 Å². The molecule has 0 radical (unpaired) electrons. The predicted molar refractivity (Wildman–Crippen MR) is 73.7 cm³/mol. The molecule has 0 fully saturated rings. The van der Waals surface area contributed by atoms with Crippen LogP contribution in [0.25, 0.3) is 6.08 Å². The molecule has 0 aliphatic carbocycles. The molecule has 0 saturated carbocycles. The summed E-state index contributed by atoms with van der Waals surface area (Å²) in [4.78, 5) is 24.4. The van der Waals surface area contributed by atoms with Crippen LogP contribution in [0.4, 0.5) is 0 Å². The van der Waals surface area contributed by atoms with Crippen LogP contribution in [0, 0.1) is 0 Å². The number of Topliss-reactive ketones (excluding diaryl/α,β-unsaturated/α-hetero) is 2. The average molecular weight is 256 g/mol. The van der Waals surface area contributed by atoms with Crippen LogP contribution in [0.2, 0.25) is 0 Å². The van der Waals surface area contributed by atoms with Gasteiger partial charge in [-0.3, -0.25) is 9.59 Å². The summed E-state index contributed by atoms with van der Waals surface area (Å²) in [7, 11) is 0. The van der Waals surface area contributed by atoms with E-state index in [4.69, 9.17) is 0 Å². The molecule has 0 unspecified atom stereocenters. The number of carbonyl (C=O) groups is 2. The van der Waals surface area contributed by atoms with Crippen LogP contribution in [0.1, 0.15) is 22.2 Å². The summed E-state index contributed by atoms with van der Waals surface area (Å²) in [6.07, 6.45) is 1.64. The lowest BCUT2D eigenvalue weighted by atomic mass is 10.0. The van der Waals surface area contributed by atoms with Crippen LogP contribution >= 0.6 is 11.3 Å². The fourth-order valence-electron chi connectivity index (χ4n) is 1.58. The molecule has 1 aromatic carbocycles. The summed E-state index contributed by atoms with van der Waals surface area (Å²) < 4.78 is 0. The van der Waals surface area contributed by atoms with E-state index in [0.29, 0.717) is 4.88 Å². The molecule has 0 saturated heterocycles. The van der Waals surface area contributed by atoms with E-state index in [1.54, 1.807) is 18.2 Å². The average Bonchev–Trinajstić information content (AvgIpc) is 2.90. The highest BCUT2D eigenvalue weighted by Gasteiger charge is 2.17. The van der Waals surface area contributed by atoms with Gasteiger partial charge in [-0.15, -0.1) is 11.3 Å². The summed E-state index contributed by atoms with van der Waals surface area (Å²) in [5, 5.41) is 1.83. The number of benzene rings is 1. The summed E-state index contributed by atoms with van der Waals surface area (Å²) in [6, 6.07) is 12.9. The van der Waals surface area contributed by atoms with Crippen LogP contribution in [0.3, 0.4) is 0 Å². The molecule has 0 aliphatic rings. The highest BCUT2D eigenvalue weighted by atomic mass is 32.1. The summed E-state index contributed by atoms with van der Waals surface area (Å²) in [5.74, 6) is -0.418. The van der Waals surface area contributed by atoms with Gasteiger partial charge in [0.15, 0.2) is 5.78 Å². The predicted octanol–water partition coefficient (Wildman–Crippen LogP) is 3.60. The van der Waals surface area contributed by atoms with E-state index in [-0.39, 0.29) is 17.1 Å². The Morgan fingerprint density at radius 2 is 1.78 bits per heavy atom. The highest BCUT2D eigenvalue weighted by Crippen LogP contribution is 2.17. The molecule has 2 nitrogen and oxygen atoms in total. The minimum absolute atomic E-state index is 0.207. The van der Waals surface area contributed by atoms with Crippen molar-refractivity contribution in [1.82, 2.24) is 0 Å². The zero-order chi connectivity index (χ0) is 13.0. The lowest BCUT2D eigenvalue weighted by molar-refractivity contribution is -0.113. The fourth-order valence-corrected chi connectivity index (χ4v) is 2.26. The van der Waals surface area contributed by atoms with Gasteiger partial charge in [-0.2, -0.15) is 0 Å². The molecule has 1 heterocycles. The molecule has 0 atom stereocenters. The van der Waals surface area contributed by atoms with E-state index in [2.05, 4.69) is 0 Å². The van der Waals surface area contributed by atoms with Crippen molar-refractivity contribution in [3.63, 3.8) is 0 Å². The van der Waals surface area contributed by atoms with Crippen LogP contribution in [0.15, 0.2) is 53.4 Å². The van der Waals surface area contributed by atoms with Gasteiger partial charge in [0.25, 0.3) is 0 Å². The number of thiophene rings is 1. The first kappa shape index (κ1) is 12.5. The summed E-state index contributed by atoms with van der Waals surface area (Å²) >= 11 is 1.34. The number of hydrogen-bond donors (Lipinski definition) is 0. The van der Waals surface area contributed by atoms with E-state index in [9.17, 15) is 9.59 Å². The third kappa shape index (κ3) is 2.81. The van der Waals surface area contributed by atoms with E-state index >= 15 is 0 Å². The zero-order valence-corrected chi connectivity index (χ0v) is 10.7. The van der Waals surface area contributed by atoms with Crippen molar-refractivity contribution in [2.24, 2.45) is 0 Å². The molecule has 3 heteroatoms. The molecule has 90 valence electrons. The van der Waals surface area contributed by atoms with Crippen molar-refractivity contribution >= 4 is 29.0 Å². The molecule has 2 aromatic rings. The van der Waals surface area contributed by atoms with E-state index in [1.165, 1.54) is 18.3 Å². The quantitative estimate of drug-likeness (QED) is 0.362. The van der Waals surface area contributed by atoms with Gasteiger partial charge in [0.2, 0.25) is 5.78 Å². The van der Waals surface area contributed by atoms with Crippen LogP contribution in [-0.2, 0) is 4.79 Å². The van der Waals surface area contributed by atoms with Gasteiger partial charge < -0.3 is 0 Å². The first-order valence-electron chi connectivity index (χ1n) is 5.54.